The molecule has 18 heavy (non-hydrogen) atoms. The van der Waals surface area contributed by atoms with Crippen LogP contribution >= 0.6 is 0 Å². The summed E-state index contributed by atoms with van der Waals surface area (Å²) in [5, 5.41) is 21.1. The van der Waals surface area contributed by atoms with Crippen LogP contribution in [0, 0.1) is 5.82 Å². The van der Waals surface area contributed by atoms with E-state index >= 15 is 0 Å². The number of carboxylic acid groups (broad SMARTS) is 1. The quantitative estimate of drug-likeness (QED) is 0.724. The molecule has 0 saturated heterocycles. The third-order valence-corrected chi connectivity index (χ3v) is 3.13. The lowest BCUT2D eigenvalue weighted by Crippen LogP contribution is -2.44. The third-order valence-electron chi connectivity index (χ3n) is 3.13. The van der Waals surface area contributed by atoms with Crippen LogP contribution in [0.25, 0.3) is 0 Å². The van der Waals surface area contributed by atoms with E-state index < -0.39 is 17.3 Å². The van der Waals surface area contributed by atoms with Crippen LogP contribution in [0.5, 0.6) is 0 Å². The van der Waals surface area contributed by atoms with Gasteiger partial charge in [-0.15, -0.1) is 0 Å². The first-order valence-electron chi connectivity index (χ1n) is 5.79. The normalized spacial score (nSPS) is 14.2. The number of carbonyl (C=O) groups is 1. The summed E-state index contributed by atoms with van der Waals surface area (Å²) in [5.74, 6) is -1.54. The number of carboxylic acids is 1. The number of rotatable bonds is 6. The second-order valence-electron chi connectivity index (χ2n) is 4.54. The molecule has 1 atom stereocenters. The summed E-state index contributed by atoms with van der Waals surface area (Å²) in [7, 11) is 0. The van der Waals surface area contributed by atoms with Gasteiger partial charge in [-0.1, -0.05) is 6.92 Å². The second kappa shape index (κ2) is 5.93. The molecular weight excluding hydrogens is 237 g/mol. The Balaban J connectivity index is 2.84. The molecule has 0 heterocycles. The van der Waals surface area contributed by atoms with Crippen molar-refractivity contribution in [3.8, 4) is 0 Å². The van der Waals surface area contributed by atoms with Gasteiger partial charge in [0.2, 0.25) is 0 Å². The van der Waals surface area contributed by atoms with Crippen molar-refractivity contribution in [1.29, 1.82) is 0 Å². The highest BCUT2D eigenvalue weighted by Gasteiger charge is 2.20. The van der Waals surface area contributed by atoms with Crippen LogP contribution < -0.4 is 5.32 Å². The lowest BCUT2D eigenvalue weighted by atomic mass is 9.99. The van der Waals surface area contributed by atoms with E-state index in [-0.39, 0.29) is 24.3 Å². The van der Waals surface area contributed by atoms with E-state index in [1.807, 2.05) is 13.8 Å². The minimum absolute atomic E-state index is 0.0513. The summed E-state index contributed by atoms with van der Waals surface area (Å²) in [6.45, 7) is 3.85. The Morgan fingerprint density at radius 1 is 1.50 bits per heavy atom. The predicted octanol–water partition coefficient (Wildman–Crippen LogP) is 1.77. The van der Waals surface area contributed by atoms with E-state index in [0.717, 1.165) is 6.07 Å². The molecule has 1 unspecified atom stereocenters. The van der Waals surface area contributed by atoms with Gasteiger partial charge < -0.3 is 15.5 Å². The molecule has 100 valence electrons. The standard InChI is InChI=1S/C13H18FNO3/c1-3-13(2,8-16)15-7-10-6-9(12(17)18)4-5-11(10)14/h4-6,15-16H,3,7-8H2,1-2H3,(H,17,18). The zero-order chi connectivity index (χ0) is 13.8. The predicted molar refractivity (Wildman–Crippen MR) is 66.0 cm³/mol. The van der Waals surface area contributed by atoms with Gasteiger partial charge in [-0.2, -0.15) is 0 Å². The molecule has 0 spiro atoms. The van der Waals surface area contributed by atoms with E-state index in [1.54, 1.807) is 0 Å². The smallest absolute Gasteiger partial charge is 0.335 e. The monoisotopic (exact) mass is 255 g/mol. The number of aliphatic hydroxyl groups excluding tert-OH is 1. The molecule has 1 aromatic carbocycles. The van der Waals surface area contributed by atoms with Crippen molar-refractivity contribution in [2.45, 2.75) is 32.4 Å². The van der Waals surface area contributed by atoms with Crippen LogP contribution in [0.1, 0.15) is 36.2 Å². The van der Waals surface area contributed by atoms with Crippen LogP contribution in [0.4, 0.5) is 4.39 Å². The molecule has 0 bridgehead atoms. The molecule has 0 saturated carbocycles. The molecule has 1 aromatic rings. The molecule has 0 aliphatic heterocycles. The van der Waals surface area contributed by atoms with Crippen LogP contribution in [0.15, 0.2) is 18.2 Å². The lowest BCUT2D eigenvalue weighted by Gasteiger charge is -2.27. The maximum Gasteiger partial charge on any atom is 0.335 e. The highest BCUT2D eigenvalue weighted by atomic mass is 19.1. The number of nitrogens with one attached hydrogen (secondary N) is 1. The van der Waals surface area contributed by atoms with Gasteiger partial charge >= 0.3 is 5.97 Å². The Labute approximate surface area is 105 Å². The summed E-state index contributed by atoms with van der Waals surface area (Å²) >= 11 is 0. The van der Waals surface area contributed by atoms with Crippen LogP contribution in [0.3, 0.4) is 0 Å². The van der Waals surface area contributed by atoms with Gasteiger partial charge in [-0.05, 0) is 31.5 Å². The number of hydrogen-bond donors (Lipinski definition) is 3. The van der Waals surface area contributed by atoms with E-state index in [1.165, 1.54) is 12.1 Å². The number of hydrogen-bond acceptors (Lipinski definition) is 3. The molecule has 0 aliphatic carbocycles. The van der Waals surface area contributed by atoms with Gasteiger partial charge in [0.05, 0.1) is 12.2 Å². The molecule has 0 radical (unpaired) electrons. The van der Waals surface area contributed by atoms with Crippen molar-refractivity contribution in [3.63, 3.8) is 0 Å². The van der Waals surface area contributed by atoms with Gasteiger partial charge in [-0.25, -0.2) is 9.18 Å². The van der Waals surface area contributed by atoms with Crippen LogP contribution in [-0.4, -0.2) is 28.3 Å². The van der Waals surface area contributed by atoms with Gasteiger partial charge in [0, 0.05) is 17.6 Å². The highest BCUT2D eigenvalue weighted by Crippen LogP contribution is 2.14. The average Bonchev–Trinajstić information content (AvgIpc) is 2.37. The highest BCUT2D eigenvalue weighted by molar-refractivity contribution is 5.87. The minimum Gasteiger partial charge on any atom is -0.478 e. The largest absolute Gasteiger partial charge is 0.478 e. The SMILES string of the molecule is CCC(C)(CO)NCc1cc(C(=O)O)ccc1F. The Bertz CT molecular complexity index is 430. The number of aliphatic hydroxyl groups is 1. The van der Waals surface area contributed by atoms with E-state index in [2.05, 4.69) is 5.32 Å². The Kier molecular flexibility index (Phi) is 4.81. The summed E-state index contributed by atoms with van der Waals surface area (Å²) in [6.07, 6.45) is 0.684. The maximum absolute atomic E-state index is 13.5. The van der Waals surface area contributed by atoms with Crippen molar-refractivity contribution in [1.82, 2.24) is 5.32 Å². The fraction of sp³-hybridized carbons (Fsp3) is 0.462. The van der Waals surface area contributed by atoms with Crippen molar-refractivity contribution < 1.29 is 19.4 Å². The molecule has 5 heteroatoms. The lowest BCUT2D eigenvalue weighted by molar-refractivity contribution is 0.0696. The first kappa shape index (κ1) is 14.6. The molecule has 4 nitrogen and oxygen atoms in total. The zero-order valence-electron chi connectivity index (χ0n) is 10.5. The van der Waals surface area contributed by atoms with Crippen molar-refractivity contribution in [2.75, 3.05) is 6.61 Å². The first-order chi connectivity index (χ1) is 8.41. The van der Waals surface area contributed by atoms with E-state index in [0.29, 0.717) is 6.42 Å². The third kappa shape index (κ3) is 3.51. The summed E-state index contributed by atoms with van der Waals surface area (Å²) in [6, 6.07) is 3.67. The number of aromatic carboxylic acids is 1. The van der Waals surface area contributed by atoms with Crippen molar-refractivity contribution >= 4 is 5.97 Å². The Morgan fingerprint density at radius 3 is 2.67 bits per heavy atom. The van der Waals surface area contributed by atoms with Gasteiger partial charge in [0.15, 0.2) is 0 Å². The molecule has 0 aliphatic rings. The summed E-state index contributed by atoms with van der Waals surface area (Å²) in [4.78, 5) is 10.8. The number of benzene rings is 1. The second-order valence-corrected chi connectivity index (χ2v) is 4.54. The fourth-order valence-corrected chi connectivity index (χ4v) is 1.44. The first-order valence-corrected chi connectivity index (χ1v) is 5.79. The number of halogens is 1. The van der Waals surface area contributed by atoms with E-state index in [9.17, 15) is 14.3 Å². The van der Waals surface area contributed by atoms with E-state index in [4.69, 9.17) is 5.11 Å². The Morgan fingerprint density at radius 2 is 2.17 bits per heavy atom. The average molecular weight is 255 g/mol. The zero-order valence-corrected chi connectivity index (χ0v) is 10.5. The van der Waals surface area contributed by atoms with Gasteiger partial charge in [0.25, 0.3) is 0 Å². The van der Waals surface area contributed by atoms with Crippen LogP contribution in [-0.2, 0) is 6.54 Å². The van der Waals surface area contributed by atoms with Crippen molar-refractivity contribution in [2.24, 2.45) is 0 Å². The molecule has 0 fully saturated rings. The van der Waals surface area contributed by atoms with Crippen molar-refractivity contribution in [3.05, 3.63) is 35.1 Å². The maximum atomic E-state index is 13.5. The fourth-order valence-electron chi connectivity index (χ4n) is 1.44. The molecule has 3 N–H and O–H groups in total. The van der Waals surface area contributed by atoms with Gasteiger partial charge in [-0.3, -0.25) is 0 Å². The molecular formula is C13H18FNO3. The molecule has 0 amide bonds. The summed E-state index contributed by atoms with van der Waals surface area (Å²) < 4.78 is 13.5. The minimum atomic E-state index is -1.09. The Hall–Kier alpha value is -1.46. The topological polar surface area (TPSA) is 69.6 Å². The molecule has 0 aromatic heterocycles. The summed E-state index contributed by atoms with van der Waals surface area (Å²) in [5.41, 5.74) is -0.163. The van der Waals surface area contributed by atoms with Crippen LogP contribution in [0.2, 0.25) is 0 Å². The van der Waals surface area contributed by atoms with Gasteiger partial charge in [0.1, 0.15) is 5.82 Å². The molecule has 1 rings (SSSR count).